The second-order valence-electron chi connectivity index (χ2n) is 3.72. The zero-order valence-corrected chi connectivity index (χ0v) is 10.5. The summed E-state index contributed by atoms with van der Waals surface area (Å²) < 4.78 is 9.95. The van der Waals surface area contributed by atoms with E-state index < -0.39 is 0 Å². The Morgan fingerprint density at radius 3 is 2.94 bits per heavy atom. The number of esters is 1. The number of ether oxygens (including phenoxy) is 1. The molecular formula is C13H19NO3. The molecule has 1 N–H and O–H groups in total. The van der Waals surface area contributed by atoms with Crippen LogP contribution in [0.5, 0.6) is 0 Å². The van der Waals surface area contributed by atoms with Crippen LogP contribution in [0.4, 0.5) is 0 Å². The van der Waals surface area contributed by atoms with Gasteiger partial charge in [-0.2, -0.15) is 0 Å². The second kappa shape index (κ2) is 6.91. The van der Waals surface area contributed by atoms with E-state index in [0.29, 0.717) is 18.5 Å². The molecule has 94 valence electrons. The maximum Gasteiger partial charge on any atom is 0.333 e. The first-order valence-electron chi connectivity index (χ1n) is 5.73. The highest BCUT2D eigenvalue weighted by molar-refractivity contribution is 5.88. The van der Waals surface area contributed by atoms with Crippen LogP contribution in [-0.2, 0) is 9.53 Å². The lowest BCUT2D eigenvalue weighted by Crippen LogP contribution is -2.19. The zero-order valence-electron chi connectivity index (χ0n) is 10.5. The third-order valence-corrected chi connectivity index (χ3v) is 2.57. The third kappa shape index (κ3) is 4.07. The van der Waals surface area contributed by atoms with Crippen LogP contribution in [-0.4, -0.2) is 19.6 Å². The van der Waals surface area contributed by atoms with Gasteiger partial charge in [0.25, 0.3) is 0 Å². The number of carbonyl (C=O) groups excluding carboxylic acids is 1. The summed E-state index contributed by atoms with van der Waals surface area (Å²) in [5, 5.41) is 3.25. The lowest BCUT2D eigenvalue weighted by molar-refractivity contribution is -0.136. The molecule has 0 bridgehead atoms. The molecule has 0 saturated carbocycles. The van der Waals surface area contributed by atoms with E-state index in [1.807, 2.05) is 32.1 Å². The van der Waals surface area contributed by atoms with Gasteiger partial charge in [0.05, 0.1) is 19.4 Å². The average Bonchev–Trinajstić information content (AvgIpc) is 2.87. The molecule has 0 aliphatic heterocycles. The standard InChI is InChI=1S/C13H19NO3/c1-4-11(13(15)16-3)7-8-14-10(2)12-6-5-9-17-12/h5-7,9-10,14H,4,8H2,1-3H3/b11-7-/t10-/m1/s1. The summed E-state index contributed by atoms with van der Waals surface area (Å²) in [6.45, 7) is 4.55. The van der Waals surface area contributed by atoms with Crippen LogP contribution in [0.2, 0.25) is 0 Å². The predicted molar refractivity (Wildman–Crippen MR) is 65.5 cm³/mol. The highest BCUT2D eigenvalue weighted by Crippen LogP contribution is 2.12. The molecule has 0 fully saturated rings. The Morgan fingerprint density at radius 1 is 1.65 bits per heavy atom. The molecule has 1 aromatic heterocycles. The van der Waals surface area contributed by atoms with Gasteiger partial charge in [-0.1, -0.05) is 13.0 Å². The van der Waals surface area contributed by atoms with Gasteiger partial charge < -0.3 is 14.5 Å². The smallest absolute Gasteiger partial charge is 0.333 e. The van der Waals surface area contributed by atoms with E-state index in [1.165, 1.54) is 7.11 Å². The first kappa shape index (κ1) is 13.5. The summed E-state index contributed by atoms with van der Waals surface area (Å²) in [6.07, 6.45) is 4.17. The van der Waals surface area contributed by atoms with Crippen molar-refractivity contribution in [1.82, 2.24) is 5.32 Å². The fourth-order valence-corrected chi connectivity index (χ4v) is 1.50. The Bertz CT molecular complexity index is 368. The molecule has 0 aliphatic rings. The summed E-state index contributed by atoms with van der Waals surface area (Å²) in [7, 11) is 1.39. The lowest BCUT2D eigenvalue weighted by atomic mass is 10.2. The van der Waals surface area contributed by atoms with E-state index >= 15 is 0 Å². The summed E-state index contributed by atoms with van der Waals surface area (Å²) in [5.41, 5.74) is 0.687. The van der Waals surface area contributed by atoms with Gasteiger partial charge in [-0.25, -0.2) is 4.79 Å². The van der Waals surface area contributed by atoms with E-state index in [4.69, 9.17) is 4.42 Å². The fraction of sp³-hybridized carbons (Fsp3) is 0.462. The van der Waals surface area contributed by atoms with Crippen molar-refractivity contribution in [3.63, 3.8) is 0 Å². The van der Waals surface area contributed by atoms with Gasteiger partial charge in [-0.05, 0) is 25.5 Å². The Morgan fingerprint density at radius 2 is 2.41 bits per heavy atom. The van der Waals surface area contributed by atoms with Gasteiger partial charge in [0.2, 0.25) is 0 Å². The molecule has 0 spiro atoms. The highest BCUT2D eigenvalue weighted by Gasteiger charge is 2.08. The number of nitrogens with one attached hydrogen (secondary N) is 1. The van der Waals surface area contributed by atoms with Crippen molar-refractivity contribution in [1.29, 1.82) is 0 Å². The van der Waals surface area contributed by atoms with Crippen LogP contribution >= 0.6 is 0 Å². The van der Waals surface area contributed by atoms with Crippen molar-refractivity contribution in [3.8, 4) is 0 Å². The van der Waals surface area contributed by atoms with Crippen molar-refractivity contribution in [2.24, 2.45) is 0 Å². The van der Waals surface area contributed by atoms with Crippen LogP contribution in [0.3, 0.4) is 0 Å². The Balaban J connectivity index is 2.45. The molecule has 1 rings (SSSR count). The van der Waals surface area contributed by atoms with Gasteiger partial charge in [-0.15, -0.1) is 0 Å². The van der Waals surface area contributed by atoms with Crippen molar-refractivity contribution in [2.75, 3.05) is 13.7 Å². The molecular weight excluding hydrogens is 218 g/mol. The van der Waals surface area contributed by atoms with Gasteiger partial charge in [-0.3, -0.25) is 0 Å². The molecule has 1 heterocycles. The number of hydrogen-bond acceptors (Lipinski definition) is 4. The largest absolute Gasteiger partial charge is 0.468 e. The molecule has 4 nitrogen and oxygen atoms in total. The Hall–Kier alpha value is -1.55. The average molecular weight is 237 g/mol. The third-order valence-electron chi connectivity index (χ3n) is 2.57. The maximum absolute atomic E-state index is 11.3. The maximum atomic E-state index is 11.3. The van der Waals surface area contributed by atoms with Crippen molar-refractivity contribution in [3.05, 3.63) is 35.8 Å². The molecule has 1 atom stereocenters. The number of rotatable bonds is 6. The van der Waals surface area contributed by atoms with Crippen molar-refractivity contribution >= 4 is 5.97 Å². The molecule has 0 unspecified atom stereocenters. The predicted octanol–water partition coefficient (Wildman–Crippen LogP) is 2.44. The molecule has 1 aromatic rings. The van der Waals surface area contributed by atoms with Crippen molar-refractivity contribution in [2.45, 2.75) is 26.3 Å². The minimum Gasteiger partial charge on any atom is -0.468 e. The first-order chi connectivity index (χ1) is 8.19. The fourth-order valence-electron chi connectivity index (χ4n) is 1.50. The first-order valence-corrected chi connectivity index (χ1v) is 5.73. The molecule has 4 heteroatoms. The van der Waals surface area contributed by atoms with Crippen LogP contribution < -0.4 is 5.32 Å². The molecule has 0 saturated heterocycles. The highest BCUT2D eigenvalue weighted by atomic mass is 16.5. The van der Waals surface area contributed by atoms with E-state index in [9.17, 15) is 4.79 Å². The molecule has 0 amide bonds. The summed E-state index contributed by atoms with van der Waals surface area (Å²) in [5.74, 6) is 0.620. The van der Waals surface area contributed by atoms with Crippen LogP contribution in [0, 0.1) is 0 Å². The van der Waals surface area contributed by atoms with E-state index in [-0.39, 0.29) is 12.0 Å². The lowest BCUT2D eigenvalue weighted by Gasteiger charge is -2.09. The number of carbonyl (C=O) groups is 1. The quantitative estimate of drug-likeness (QED) is 0.610. The Kier molecular flexibility index (Phi) is 5.49. The van der Waals surface area contributed by atoms with Gasteiger partial charge in [0.1, 0.15) is 5.76 Å². The number of furan rings is 1. The van der Waals surface area contributed by atoms with Crippen LogP contribution in [0.1, 0.15) is 32.1 Å². The molecule has 0 aromatic carbocycles. The topological polar surface area (TPSA) is 51.5 Å². The van der Waals surface area contributed by atoms with E-state index in [1.54, 1.807) is 6.26 Å². The minimum atomic E-state index is -0.264. The normalized spacial score (nSPS) is 13.5. The van der Waals surface area contributed by atoms with Crippen LogP contribution in [0.25, 0.3) is 0 Å². The summed E-state index contributed by atoms with van der Waals surface area (Å²) in [4.78, 5) is 11.3. The van der Waals surface area contributed by atoms with Gasteiger partial charge in [0, 0.05) is 12.1 Å². The van der Waals surface area contributed by atoms with E-state index in [2.05, 4.69) is 10.1 Å². The van der Waals surface area contributed by atoms with Gasteiger partial charge in [0.15, 0.2) is 0 Å². The van der Waals surface area contributed by atoms with Crippen molar-refractivity contribution < 1.29 is 13.9 Å². The minimum absolute atomic E-state index is 0.122. The van der Waals surface area contributed by atoms with Crippen LogP contribution in [0.15, 0.2) is 34.5 Å². The monoisotopic (exact) mass is 237 g/mol. The van der Waals surface area contributed by atoms with Gasteiger partial charge >= 0.3 is 5.97 Å². The number of hydrogen-bond donors (Lipinski definition) is 1. The second-order valence-corrected chi connectivity index (χ2v) is 3.72. The molecule has 0 aliphatic carbocycles. The summed E-state index contributed by atoms with van der Waals surface area (Å²) >= 11 is 0. The Labute approximate surface area is 102 Å². The SMILES string of the molecule is CC/C(=C/CN[C@H](C)c1ccco1)C(=O)OC. The molecule has 17 heavy (non-hydrogen) atoms. The van der Waals surface area contributed by atoms with E-state index in [0.717, 1.165) is 5.76 Å². The summed E-state index contributed by atoms with van der Waals surface area (Å²) in [6, 6.07) is 3.90. The number of methoxy groups -OCH3 is 1. The molecule has 0 radical (unpaired) electrons. The zero-order chi connectivity index (χ0) is 12.7.